The van der Waals surface area contributed by atoms with Gasteiger partial charge in [0.05, 0.1) is 7.11 Å². The van der Waals surface area contributed by atoms with Crippen molar-refractivity contribution in [2.45, 2.75) is 32.7 Å². The largest absolute Gasteiger partial charge is 0.481 e. The van der Waals surface area contributed by atoms with Crippen molar-refractivity contribution in [3.63, 3.8) is 0 Å². The van der Waals surface area contributed by atoms with E-state index in [4.69, 9.17) is 4.74 Å². The quantitative estimate of drug-likeness (QED) is 0.894. The first-order valence-electron chi connectivity index (χ1n) is 6.32. The number of carbonyl (C=O) groups is 1. The number of rotatable bonds is 3. The van der Waals surface area contributed by atoms with E-state index in [9.17, 15) is 9.90 Å². The van der Waals surface area contributed by atoms with Gasteiger partial charge in [0.1, 0.15) is 6.04 Å². The van der Waals surface area contributed by atoms with E-state index in [1.54, 1.807) is 17.2 Å². The van der Waals surface area contributed by atoms with Crippen molar-refractivity contribution in [2.24, 2.45) is 5.41 Å². The fraction of sp³-hybridized carbons (Fsp3) is 0.615. The molecule has 0 saturated carbocycles. The van der Waals surface area contributed by atoms with Crippen molar-refractivity contribution in [3.05, 3.63) is 12.3 Å². The van der Waals surface area contributed by atoms with Crippen molar-refractivity contribution in [2.75, 3.05) is 18.6 Å². The number of carboxylic acid groups (broad SMARTS) is 1. The molecule has 6 nitrogen and oxygen atoms in total. The minimum Gasteiger partial charge on any atom is -0.481 e. The van der Waals surface area contributed by atoms with Crippen LogP contribution in [0, 0.1) is 5.41 Å². The van der Waals surface area contributed by atoms with E-state index in [-0.39, 0.29) is 5.41 Å². The van der Waals surface area contributed by atoms with Crippen LogP contribution in [-0.4, -0.2) is 40.7 Å². The number of anilines is 1. The number of hydrogen-bond donors (Lipinski definition) is 1. The Hall–Kier alpha value is -1.85. The molecule has 1 aliphatic rings. The second-order valence-electron chi connectivity index (χ2n) is 5.43. The normalized spacial score (nSPS) is 22.1. The summed E-state index contributed by atoms with van der Waals surface area (Å²) in [7, 11) is 1.53. The van der Waals surface area contributed by atoms with Gasteiger partial charge < -0.3 is 14.7 Å². The first kappa shape index (κ1) is 13.6. The van der Waals surface area contributed by atoms with Gasteiger partial charge in [0.2, 0.25) is 11.8 Å². The number of methoxy groups -OCH3 is 1. The first-order chi connectivity index (χ1) is 8.95. The molecule has 0 spiro atoms. The minimum absolute atomic E-state index is 0.309. The standard InChI is InChI=1S/C13H19N3O3/c1-13(2)6-4-8-16(10(13)11(17)18)12-14-7-5-9(15-12)19-3/h5,7,10H,4,6,8H2,1-3H3,(H,17,18). The Bertz CT molecular complexity index is 476. The van der Waals surface area contributed by atoms with Gasteiger partial charge in [0.15, 0.2) is 0 Å². The summed E-state index contributed by atoms with van der Waals surface area (Å²) < 4.78 is 5.07. The number of piperidine rings is 1. The van der Waals surface area contributed by atoms with E-state index in [1.807, 2.05) is 13.8 Å². The predicted octanol–water partition coefficient (Wildman–Crippen LogP) is 1.56. The Morgan fingerprint density at radius 3 is 2.95 bits per heavy atom. The lowest BCUT2D eigenvalue weighted by molar-refractivity contribution is -0.142. The molecule has 2 heterocycles. The van der Waals surface area contributed by atoms with Gasteiger partial charge in [-0.25, -0.2) is 9.78 Å². The van der Waals surface area contributed by atoms with Crippen molar-refractivity contribution >= 4 is 11.9 Å². The molecule has 1 aromatic rings. The molecule has 1 unspecified atom stereocenters. The van der Waals surface area contributed by atoms with Crippen LogP contribution in [0.15, 0.2) is 12.3 Å². The highest BCUT2D eigenvalue weighted by Crippen LogP contribution is 2.36. The zero-order valence-corrected chi connectivity index (χ0v) is 11.5. The summed E-state index contributed by atoms with van der Waals surface area (Å²) in [6, 6.07) is 1.03. The van der Waals surface area contributed by atoms with Gasteiger partial charge in [-0.05, 0) is 18.3 Å². The molecule has 0 aliphatic carbocycles. The zero-order valence-electron chi connectivity index (χ0n) is 11.5. The molecule has 1 saturated heterocycles. The molecular weight excluding hydrogens is 246 g/mol. The topological polar surface area (TPSA) is 75.5 Å². The van der Waals surface area contributed by atoms with Crippen LogP contribution in [0.25, 0.3) is 0 Å². The lowest BCUT2D eigenvalue weighted by Gasteiger charge is -2.43. The Labute approximate surface area is 112 Å². The maximum atomic E-state index is 11.6. The summed E-state index contributed by atoms with van der Waals surface area (Å²) in [4.78, 5) is 21.8. The lowest BCUT2D eigenvalue weighted by Crippen LogP contribution is -2.55. The third-order valence-electron chi connectivity index (χ3n) is 3.59. The van der Waals surface area contributed by atoms with Crippen LogP contribution in [0.2, 0.25) is 0 Å². The van der Waals surface area contributed by atoms with Crippen LogP contribution >= 0.6 is 0 Å². The van der Waals surface area contributed by atoms with Crippen molar-refractivity contribution in [3.8, 4) is 5.88 Å². The summed E-state index contributed by atoms with van der Waals surface area (Å²) >= 11 is 0. The molecule has 1 aliphatic heterocycles. The van der Waals surface area contributed by atoms with Crippen LogP contribution in [0.5, 0.6) is 5.88 Å². The fourth-order valence-corrected chi connectivity index (χ4v) is 2.66. The van der Waals surface area contributed by atoms with E-state index < -0.39 is 12.0 Å². The second kappa shape index (κ2) is 5.03. The van der Waals surface area contributed by atoms with Gasteiger partial charge in [0, 0.05) is 18.8 Å². The van der Waals surface area contributed by atoms with Crippen LogP contribution in [0.3, 0.4) is 0 Å². The average molecular weight is 265 g/mol. The van der Waals surface area contributed by atoms with Crippen LogP contribution in [0.1, 0.15) is 26.7 Å². The highest BCUT2D eigenvalue weighted by molar-refractivity contribution is 5.78. The summed E-state index contributed by atoms with van der Waals surface area (Å²) in [6.45, 7) is 4.59. The highest BCUT2D eigenvalue weighted by atomic mass is 16.5. The van der Waals surface area contributed by atoms with E-state index >= 15 is 0 Å². The van der Waals surface area contributed by atoms with Gasteiger partial charge in [0.25, 0.3) is 0 Å². The van der Waals surface area contributed by atoms with Crippen molar-refractivity contribution in [1.29, 1.82) is 0 Å². The Morgan fingerprint density at radius 1 is 1.58 bits per heavy atom. The van der Waals surface area contributed by atoms with Gasteiger partial charge in [-0.1, -0.05) is 13.8 Å². The number of ether oxygens (including phenoxy) is 1. The zero-order chi connectivity index (χ0) is 14.0. The molecule has 0 radical (unpaired) electrons. The van der Waals surface area contributed by atoms with Gasteiger partial charge in [-0.3, -0.25) is 0 Å². The Balaban J connectivity index is 2.37. The highest BCUT2D eigenvalue weighted by Gasteiger charge is 2.43. The number of carboxylic acids is 1. The number of aromatic nitrogens is 2. The van der Waals surface area contributed by atoms with Crippen LogP contribution in [-0.2, 0) is 4.79 Å². The minimum atomic E-state index is -0.837. The van der Waals surface area contributed by atoms with Crippen LogP contribution < -0.4 is 9.64 Å². The molecule has 1 aromatic heterocycles. The van der Waals surface area contributed by atoms with Crippen molar-refractivity contribution < 1.29 is 14.6 Å². The SMILES string of the molecule is COc1ccnc(N2CCCC(C)(C)C2C(=O)O)n1. The summed E-state index contributed by atoms with van der Waals surface area (Å²) in [5.41, 5.74) is -0.309. The first-order valence-corrected chi connectivity index (χ1v) is 6.32. The Kier molecular flexibility index (Phi) is 3.59. The number of hydrogen-bond acceptors (Lipinski definition) is 5. The third-order valence-corrected chi connectivity index (χ3v) is 3.59. The number of aliphatic carboxylic acids is 1. The Morgan fingerprint density at radius 2 is 2.32 bits per heavy atom. The maximum absolute atomic E-state index is 11.6. The van der Waals surface area contributed by atoms with Gasteiger partial charge >= 0.3 is 5.97 Å². The van der Waals surface area contributed by atoms with E-state index in [1.165, 1.54) is 7.11 Å². The summed E-state index contributed by atoms with van der Waals surface area (Å²) in [6.07, 6.45) is 3.39. The molecule has 2 rings (SSSR count). The average Bonchev–Trinajstić information content (AvgIpc) is 2.37. The molecule has 1 fully saturated rings. The molecule has 0 amide bonds. The van der Waals surface area contributed by atoms with Gasteiger partial charge in [-0.15, -0.1) is 0 Å². The van der Waals surface area contributed by atoms with E-state index in [2.05, 4.69) is 9.97 Å². The lowest BCUT2D eigenvalue weighted by atomic mass is 9.76. The van der Waals surface area contributed by atoms with E-state index in [0.29, 0.717) is 18.4 Å². The molecule has 6 heteroatoms. The molecule has 1 N–H and O–H groups in total. The monoisotopic (exact) mass is 265 g/mol. The van der Waals surface area contributed by atoms with E-state index in [0.717, 1.165) is 12.8 Å². The molecule has 104 valence electrons. The number of nitrogens with zero attached hydrogens (tertiary/aromatic N) is 3. The molecule has 19 heavy (non-hydrogen) atoms. The summed E-state index contributed by atoms with van der Waals surface area (Å²) in [5.74, 6) is 0.0214. The second-order valence-corrected chi connectivity index (χ2v) is 5.43. The third kappa shape index (κ3) is 2.62. The fourth-order valence-electron chi connectivity index (χ4n) is 2.66. The maximum Gasteiger partial charge on any atom is 0.326 e. The molecular formula is C13H19N3O3. The van der Waals surface area contributed by atoms with Crippen LogP contribution in [0.4, 0.5) is 5.95 Å². The summed E-state index contributed by atoms with van der Waals surface area (Å²) in [5, 5.41) is 9.50. The molecule has 0 bridgehead atoms. The predicted molar refractivity (Wildman–Crippen MR) is 70.4 cm³/mol. The smallest absolute Gasteiger partial charge is 0.326 e. The molecule has 1 atom stereocenters. The van der Waals surface area contributed by atoms with Crippen molar-refractivity contribution in [1.82, 2.24) is 9.97 Å². The molecule has 0 aromatic carbocycles. The van der Waals surface area contributed by atoms with Gasteiger partial charge in [-0.2, -0.15) is 4.98 Å².